The zero-order valence-electron chi connectivity index (χ0n) is 14.3. The van der Waals surface area contributed by atoms with Crippen LogP contribution in [0.2, 0.25) is 19.6 Å². The average molecular weight is 406 g/mol. The van der Waals surface area contributed by atoms with Crippen LogP contribution < -0.4 is 0 Å². The van der Waals surface area contributed by atoms with Crippen molar-refractivity contribution in [2.24, 2.45) is 0 Å². The Labute approximate surface area is 131 Å². The Balaban J connectivity index is -0.0000000369. The van der Waals surface area contributed by atoms with Crippen LogP contribution in [0, 0.1) is 0 Å². The Morgan fingerprint density at radius 3 is 0.471 bits per heavy atom. The van der Waals surface area contributed by atoms with E-state index in [0.717, 1.165) is 0 Å². The van der Waals surface area contributed by atoms with E-state index in [0.29, 0.717) is 23.8 Å². The first-order valence-corrected chi connectivity index (χ1v) is 16.6. The van der Waals surface area contributed by atoms with E-state index in [1.165, 1.54) is 0 Å². The zero-order chi connectivity index (χ0) is 14.3. The third-order valence-electron chi connectivity index (χ3n) is 0. The molecule has 0 spiro atoms. The van der Waals surface area contributed by atoms with Crippen molar-refractivity contribution < 1.29 is 19.5 Å². The Morgan fingerprint density at radius 1 is 0.471 bits per heavy atom. The monoisotopic (exact) mass is 406 g/mol. The maximum absolute atomic E-state index is 2.27. The predicted molar refractivity (Wildman–Crippen MR) is 102 cm³/mol. The van der Waals surface area contributed by atoms with Crippen LogP contribution in [0.1, 0.15) is 0 Å². The Bertz CT molecular complexity index is 64.7. The fraction of sp³-hybridized carbons (Fsp3) is 1.00. The van der Waals surface area contributed by atoms with Crippen molar-refractivity contribution in [2.45, 2.75) is 19.6 Å². The molecule has 0 atom stereocenters. The van der Waals surface area contributed by atoms with Gasteiger partial charge in [0.25, 0.3) is 0 Å². The van der Waals surface area contributed by atoms with Crippen LogP contribution in [0.5, 0.6) is 0 Å². The SMILES string of the molecule is CP(C)C.CP(C)C.CP(C)C.C[Si](C)C.[RuH3]. The van der Waals surface area contributed by atoms with E-state index in [4.69, 9.17) is 0 Å². The van der Waals surface area contributed by atoms with Gasteiger partial charge >= 0.3 is 19.5 Å². The molecule has 0 aliphatic rings. The molecule has 0 nitrogen and oxygen atoms in total. The van der Waals surface area contributed by atoms with Gasteiger partial charge in [0.2, 0.25) is 0 Å². The summed E-state index contributed by atoms with van der Waals surface area (Å²) in [5.41, 5.74) is 0. The Morgan fingerprint density at radius 2 is 0.471 bits per heavy atom. The predicted octanol–water partition coefficient (Wildman–Crippen LogP) is 4.64. The second kappa shape index (κ2) is 26.6. The van der Waals surface area contributed by atoms with E-state index in [1.54, 1.807) is 0 Å². The third-order valence-corrected chi connectivity index (χ3v) is 0. The fourth-order valence-electron chi connectivity index (χ4n) is 0. The number of rotatable bonds is 0. The van der Waals surface area contributed by atoms with Crippen molar-refractivity contribution in [2.75, 3.05) is 60.0 Å². The first kappa shape index (κ1) is 31.5. The summed E-state index contributed by atoms with van der Waals surface area (Å²) in [6.45, 7) is 26.9. The van der Waals surface area contributed by atoms with Gasteiger partial charge in [-0.05, 0) is 60.0 Å². The van der Waals surface area contributed by atoms with Crippen molar-refractivity contribution in [1.82, 2.24) is 0 Å². The summed E-state index contributed by atoms with van der Waals surface area (Å²) < 4.78 is 0. The van der Waals surface area contributed by atoms with Crippen LogP contribution in [0.15, 0.2) is 0 Å². The van der Waals surface area contributed by atoms with Crippen LogP contribution in [-0.4, -0.2) is 68.8 Å². The Kier molecular flexibility index (Phi) is 49.4. The van der Waals surface area contributed by atoms with E-state index in [-0.39, 0.29) is 28.3 Å². The molecule has 0 unspecified atom stereocenters. The van der Waals surface area contributed by atoms with Gasteiger partial charge < -0.3 is 0 Å². The van der Waals surface area contributed by atoms with Crippen LogP contribution in [0.25, 0.3) is 0 Å². The van der Waals surface area contributed by atoms with Crippen molar-refractivity contribution in [3.05, 3.63) is 0 Å². The van der Waals surface area contributed by atoms with Gasteiger partial charge in [0.1, 0.15) is 0 Å². The van der Waals surface area contributed by atoms with Gasteiger partial charge in [-0.2, -0.15) is 0 Å². The Hall–Kier alpha value is 2.13. The van der Waals surface area contributed by atoms with Crippen molar-refractivity contribution in [3.8, 4) is 0 Å². The van der Waals surface area contributed by atoms with Crippen molar-refractivity contribution in [3.63, 3.8) is 0 Å². The normalized spacial score (nSPS) is 8.47. The quantitative estimate of drug-likeness (QED) is 0.407. The molecule has 0 fully saturated rings. The van der Waals surface area contributed by atoms with Gasteiger partial charge in [0.05, 0.1) is 0 Å². The van der Waals surface area contributed by atoms with E-state index in [1.807, 2.05) is 0 Å². The first-order chi connectivity index (χ1) is 6.93. The topological polar surface area (TPSA) is 0 Å². The van der Waals surface area contributed by atoms with Crippen LogP contribution in [-0.2, 0) is 19.5 Å². The minimum atomic E-state index is 0. The van der Waals surface area contributed by atoms with Crippen LogP contribution in [0.3, 0.4) is 0 Å². The van der Waals surface area contributed by atoms with Crippen LogP contribution >= 0.6 is 23.8 Å². The summed E-state index contributed by atoms with van der Waals surface area (Å²) >= 11 is 0. The molecule has 0 saturated heterocycles. The van der Waals surface area contributed by atoms with Gasteiger partial charge in [-0.3, -0.25) is 0 Å². The minimum absolute atomic E-state index is 0. The summed E-state index contributed by atoms with van der Waals surface area (Å²) in [4.78, 5) is 0. The van der Waals surface area contributed by atoms with Gasteiger partial charge in [0, 0.05) is 8.80 Å². The van der Waals surface area contributed by atoms with Gasteiger partial charge in [-0.1, -0.05) is 19.6 Å². The molecule has 0 N–H and O–H groups in total. The molecule has 0 aromatic carbocycles. The maximum atomic E-state index is 2.27. The zero-order valence-corrected chi connectivity index (χ0v) is 20.2. The molecule has 0 bridgehead atoms. The second-order valence-electron chi connectivity index (χ2n) is 5.52. The molecular formula is C12H39P3RuSi. The van der Waals surface area contributed by atoms with E-state index in [2.05, 4.69) is 79.6 Å². The molecule has 0 aliphatic heterocycles. The summed E-state index contributed by atoms with van der Waals surface area (Å²) in [6.07, 6.45) is 0. The summed E-state index contributed by atoms with van der Waals surface area (Å²) in [5, 5.41) is 0. The molecular weight excluding hydrogens is 366 g/mol. The molecule has 17 heavy (non-hydrogen) atoms. The molecule has 0 heterocycles. The molecule has 0 aliphatic carbocycles. The van der Waals surface area contributed by atoms with Crippen molar-refractivity contribution >= 4 is 32.6 Å². The standard InChI is InChI=1S/3C3H9P.C3H9Si.Ru.3H/c4*1-4(2)3;;;;/h4*1-3H3;;;;. The van der Waals surface area contributed by atoms with E-state index >= 15 is 0 Å². The molecule has 0 aromatic heterocycles. The third kappa shape index (κ3) is 1040. The molecule has 0 aromatic rings. The number of hydrogen-bond acceptors (Lipinski definition) is 0. The summed E-state index contributed by atoms with van der Waals surface area (Å²) in [7, 11) is 1.26. The summed E-state index contributed by atoms with van der Waals surface area (Å²) in [6, 6.07) is 0. The van der Waals surface area contributed by atoms with E-state index < -0.39 is 0 Å². The van der Waals surface area contributed by atoms with Gasteiger partial charge in [0.15, 0.2) is 0 Å². The summed E-state index contributed by atoms with van der Waals surface area (Å²) in [5.74, 6) is 0. The first-order valence-electron chi connectivity index (χ1n) is 5.52. The second-order valence-corrected chi connectivity index (χ2v) is 16.6. The fourth-order valence-corrected chi connectivity index (χ4v) is 0. The van der Waals surface area contributed by atoms with Gasteiger partial charge in [-0.15, -0.1) is 23.8 Å². The van der Waals surface area contributed by atoms with Crippen LogP contribution in [0.4, 0.5) is 0 Å². The number of hydrogen-bond donors (Lipinski definition) is 0. The average Bonchev–Trinajstić information content (AvgIpc) is 1.76. The molecule has 5 heteroatoms. The molecule has 0 saturated carbocycles. The van der Waals surface area contributed by atoms with Crippen molar-refractivity contribution in [1.29, 1.82) is 0 Å². The van der Waals surface area contributed by atoms with E-state index in [9.17, 15) is 0 Å². The molecule has 114 valence electrons. The molecule has 0 amide bonds. The van der Waals surface area contributed by atoms with Gasteiger partial charge in [-0.25, -0.2) is 0 Å². The molecule has 0 rings (SSSR count). The molecule has 1 radical (unpaired) electrons.